The van der Waals surface area contributed by atoms with Crippen molar-refractivity contribution in [3.8, 4) is 0 Å². The Morgan fingerprint density at radius 3 is 2.52 bits per heavy atom. The van der Waals surface area contributed by atoms with Crippen molar-refractivity contribution in [3.63, 3.8) is 0 Å². The van der Waals surface area contributed by atoms with Crippen LogP contribution in [0.25, 0.3) is 0 Å². The Morgan fingerprint density at radius 1 is 1.26 bits per heavy atom. The summed E-state index contributed by atoms with van der Waals surface area (Å²) in [5, 5.41) is 6.23. The van der Waals surface area contributed by atoms with Crippen molar-refractivity contribution >= 4 is 35.6 Å². The topological polar surface area (TPSA) is 61.4 Å². The lowest BCUT2D eigenvalue weighted by Crippen LogP contribution is -2.32. The molecule has 2 N–H and O–H groups in total. The first kappa shape index (κ1) is 18.2. The number of rotatable bonds is 3. The van der Waals surface area contributed by atoms with E-state index in [4.69, 9.17) is 0 Å². The lowest BCUT2D eigenvalue weighted by Gasteiger charge is -2.20. The molecule has 5 nitrogen and oxygen atoms in total. The zero-order chi connectivity index (χ0) is 15.5. The molecule has 0 saturated carbocycles. The van der Waals surface area contributed by atoms with Crippen LogP contribution in [0, 0.1) is 11.8 Å². The summed E-state index contributed by atoms with van der Waals surface area (Å²) in [6.07, 6.45) is 2.21. The summed E-state index contributed by atoms with van der Waals surface area (Å²) in [6, 6.07) is 3.82. The maximum absolute atomic E-state index is 12.7. The molecule has 2 amide bonds. The van der Waals surface area contributed by atoms with Crippen LogP contribution in [0.3, 0.4) is 0 Å². The molecule has 2 atom stereocenters. The van der Waals surface area contributed by atoms with E-state index in [1.54, 1.807) is 0 Å². The zero-order valence-electron chi connectivity index (χ0n) is 13.3. The summed E-state index contributed by atoms with van der Waals surface area (Å²) < 4.78 is 0. The number of carbonyl (C=O) groups is 2. The van der Waals surface area contributed by atoms with Gasteiger partial charge in [0.15, 0.2) is 0 Å². The predicted molar refractivity (Wildman–Crippen MR) is 94.1 cm³/mol. The third kappa shape index (κ3) is 4.46. The highest BCUT2D eigenvalue weighted by Gasteiger charge is 2.31. The highest BCUT2D eigenvalue weighted by Crippen LogP contribution is 2.28. The SMILES string of the molecule is CC(=O)NCc1ccc(C(=O)N2CC[C@@H]3CNC[C@@H]3CC2)s1.Cl. The van der Waals surface area contributed by atoms with Crippen LogP contribution in [0.1, 0.15) is 34.3 Å². The molecule has 0 bridgehead atoms. The minimum atomic E-state index is -0.0473. The first-order valence-electron chi connectivity index (χ1n) is 7.96. The third-order valence-electron chi connectivity index (χ3n) is 4.69. The van der Waals surface area contributed by atoms with Gasteiger partial charge in [-0.1, -0.05) is 0 Å². The molecular formula is C16H24ClN3O2S. The average Bonchev–Trinajstić information content (AvgIpc) is 3.10. The number of carbonyl (C=O) groups excluding carboxylic acids is 2. The van der Waals surface area contributed by atoms with Gasteiger partial charge in [0, 0.05) is 24.9 Å². The first-order chi connectivity index (χ1) is 10.6. The lowest BCUT2D eigenvalue weighted by molar-refractivity contribution is -0.119. The Labute approximate surface area is 147 Å². The summed E-state index contributed by atoms with van der Waals surface area (Å²) in [5.74, 6) is 1.56. The van der Waals surface area contributed by atoms with Gasteiger partial charge in [-0.15, -0.1) is 23.7 Å². The molecule has 0 aliphatic carbocycles. The standard InChI is InChI=1S/C16H23N3O2S.ClH/c1-11(20)18-10-14-2-3-15(22-14)16(21)19-6-4-12-8-17-9-13(12)5-7-19;/h2-3,12-13,17H,4-10H2,1H3,(H,18,20);1H/t12-,13+;. The zero-order valence-corrected chi connectivity index (χ0v) is 15.0. The number of fused-ring (bicyclic) bond motifs is 1. The van der Waals surface area contributed by atoms with Gasteiger partial charge in [-0.05, 0) is 49.9 Å². The Balaban J connectivity index is 0.00000192. The second-order valence-electron chi connectivity index (χ2n) is 6.22. The molecule has 0 radical (unpaired) electrons. The summed E-state index contributed by atoms with van der Waals surface area (Å²) in [5.41, 5.74) is 0. The van der Waals surface area contributed by atoms with Crippen LogP contribution in [-0.2, 0) is 11.3 Å². The van der Waals surface area contributed by atoms with E-state index in [0.29, 0.717) is 6.54 Å². The normalized spacial score (nSPS) is 23.6. The molecule has 3 rings (SSSR count). The highest BCUT2D eigenvalue weighted by atomic mass is 35.5. The molecule has 23 heavy (non-hydrogen) atoms. The van der Waals surface area contributed by atoms with Crippen molar-refractivity contribution in [2.24, 2.45) is 11.8 Å². The second-order valence-corrected chi connectivity index (χ2v) is 7.39. The van der Waals surface area contributed by atoms with Gasteiger partial charge in [0.25, 0.3) is 5.91 Å². The molecule has 1 aromatic rings. The predicted octanol–water partition coefficient (Wildman–Crippen LogP) is 1.88. The number of halogens is 1. The van der Waals surface area contributed by atoms with Crippen LogP contribution in [-0.4, -0.2) is 42.9 Å². The minimum Gasteiger partial charge on any atom is -0.351 e. The fraction of sp³-hybridized carbons (Fsp3) is 0.625. The minimum absolute atomic E-state index is 0. The monoisotopic (exact) mass is 357 g/mol. The van der Waals surface area contributed by atoms with Crippen LogP contribution < -0.4 is 10.6 Å². The Bertz CT molecular complexity index is 549. The number of likely N-dealkylation sites (tertiary alicyclic amines) is 1. The van der Waals surface area contributed by atoms with Crippen LogP contribution in [0.4, 0.5) is 0 Å². The number of nitrogens with one attached hydrogen (secondary N) is 2. The Morgan fingerprint density at radius 2 is 1.91 bits per heavy atom. The quantitative estimate of drug-likeness (QED) is 0.868. The molecule has 0 aromatic carbocycles. The van der Waals surface area contributed by atoms with Crippen molar-refractivity contribution in [1.29, 1.82) is 0 Å². The van der Waals surface area contributed by atoms with E-state index in [-0.39, 0.29) is 24.2 Å². The van der Waals surface area contributed by atoms with Crippen molar-refractivity contribution < 1.29 is 9.59 Å². The summed E-state index contributed by atoms with van der Waals surface area (Å²) >= 11 is 1.49. The van der Waals surface area contributed by atoms with E-state index in [1.807, 2.05) is 17.0 Å². The fourth-order valence-corrected chi connectivity index (χ4v) is 4.29. The highest BCUT2D eigenvalue weighted by molar-refractivity contribution is 7.14. The van der Waals surface area contributed by atoms with Gasteiger partial charge in [0.05, 0.1) is 11.4 Å². The van der Waals surface area contributed by atoms with Crippen molar-refractivity contribution in [2.75, 3.05) is 26.2 Å². The van der Waals surface area contributed by atoms with E-state index in [0.717, 1.165) is 60.6 Å². The molecule has 3 heterocycles. The van der Waals surface area contributed by atoms with Gasteiger partial charge in [-0.3, -0.25) is 9.59 Å². The number of amides is 2. The molecule has 2 fully saturated rings. The molecule has 0 spiro atoms. The smallest absolute Gasteiger partial charge is 0.263 e. The number of nitrogens with zero attached hydrogens (tertiary/aromatic N) is 1. The first-order valence-corrected chi connectivity index (χ1v) is 8.78. The van der Waals surface area contributed by atoms with E-state index in [2.05, 4.69) is 10.6 Å². The van der Waals surface area contributed by atoms with E-state index < -0.39 is 0 Å². The lowest BCUT2D eigenvalue weighted by atomic mass is 9.92. The molecule has 2 saturated heterocycles. The van der Waals surface area contributed by atoms with Crippen LogP contribution in [0.2, 0.25) is 0 Å². The summed E-state index contributed by atoms with van der Waals surface area (Å²) in [7, 11) is 0. The van der Waals surface area contributed by atoms with Crippen LogP contribution in [0.15, 0.2) is 12.1 Å². The Hall–Kier alpha value is -1.11. The number of thiophene rings is 1. The van der Waals surface area contributed by atoms with Gasteiger partial charge in [0.2, 0.25) is 5.91 Å². The van der Waals surface area contributed by atoms with Gasteiger partial charge < -0.3 is 15.5 Å². The molecule has 1 aromatic heterocycles. The van der Waals surface area contributed by atoms with Crippen LogP contribution in [0.5, 0.6) is 0 Å². The Kier molecular flexibility index (Phi) is 6.44. The maximum atomic E-state index is 12.7. The third-order valence-corrected chi connectivity index (χ3v) is 5.76. The fourth-order valence-electron chi connectivity index (χ4n) is 3.38. The van der Waals surface area contributed by atoms with Gasteiger partial charge in [-0.2, -0.15) is 0 Å². The molecule has 7 heteroatoms. The van der Waals surface area contributed by atoms with Crippen LogP contribution >= 0.6 is 23.7 Å². The number of hydrogen-bond donors (Lipinski definition) is 2. The van der Waals surface area contributed by atoms with Gasteiger partial charge in [0.1, 0.15) is 0 Å². The van der Waals surface area contributed by atoms with E-state index in [1.165, 1.54) is 18.3 Å². The largest absolute Gasteiger partial charge is 0.351 e. The van der Waals surface area contributed by atoms with Crippen molar-refractivity contribution in [3.05, 3.63) is 21.9 Å². The maximum Gasteiger partial charge on any atom is 0.263 e. The average molecular weight is 358 g/mol. The van der Waals surface area contributed by atoms with Crippen molar-refractivity contribution in [2.45, 2.75) is 26.3 Å². The summed E-state index contributed by atoms with van der Waals surface area (Å²) in [4.78, 5) is 27.4. The van der Waals surface area contributed by atoms with Gasteiger partial charge >= 0.3 is 0 Å². The van der Waals surface area contributed by atoms with E-state index >= 15 is 0 Å². The summed E-state index contributed by atoms with van der Waals surface area (Å²) in [6.45, 7) is 5.94. The molecule has 128 valence electrons. The number of hydrogen-bond acceptors (Lipinski definition) is 4. The molecular weight excluding hydrogens is 334 g/mol. The molecule has 2 aliphatic rings. The van der Waals surface area contributed by atoms with E-state index in [9.17, 15) is 9.59 Å². The molecule has 0 unspecified atom stereocenters. The van der Waals surface area contributed by atoms with Gasteiger partial charge in [-0.25, -0.2) is 0 Å². The second kappa shape index (κ2) is 8.13. The molecule has 2 aliphatic heterocycles. The van der Waals surface area contributed by atoms with Crippen molar-refractivity contribution in [1.82, 2.24) is 15.5 Å².